The molecule has 5 aliphatic rings. The van der Waals surface area contributed by atoms with E-state index in [0.29, 0.717) is 62.7 Å². The standard InChI is InChI=1S/C53H55ClN11O6P/c1-61-28-35(26-56-61)39-24-43(58-53-55-27-41(54)49(60-53)57-42-13-10-32(22-47(42)72(3,4)70)31-8-6-5-7-9-31)46(71-2)25-45(39)64-29-33-20-37(21-34(33)30-64)63-18-16-62(17-19-63)36-11-12-38-40(23-36)52(69)65(51(38)68)44-14-15-48(66)59-50(44)67/h5-13,22-28,33-34,37,44H,14-21,29-30H2,1-4H3,(H,59,66,67)(H2,55,57,58,60). The third-order valence-corrected chi connectivity index (χ3v) is 16.8. The molecule has 17 nitrogen and oxygen atoms in total. The number of aromatic nitrogens is 4. The number of methoxy groups -OCH3 is 1. The van der Waals surface area contributed by atoms with Gasteiger partial charge in [-0.2, -0.15) is 10.1 Å². The van der Waals surface area contributed by atoms with Crippen molar-refractivity contribution in [3.8, 4) is 28.0 Å². The first-order valence-corrected chi connectivity index (χ1v) is 27.3. The molecule has 1 aliphatic carbocycles. The SMILES string of the molecule is COc1cc(N2CC3CC(N4CCN(c5ccc6c(c5)C(=O)N(C5CCC(=O)NC5=O)C6=O)CC4)CC3C2)c(-c2cnn(C)c2)cc1Nc1ncc(Cl)c(Nc2ccc(-c3ccccc3)cc2P(C)(C)=O)n1. The van der Waals surface area contributed by atoms with Crippen LogP contribution in [0.2, 0.25) is 5.02 Å². The largest absolute Gasteiger partial charge is 0.494 e. The van der Waals surface area contributed by atoms with Crippen molar-refractivity contribution in [2.45, 2.75) is 37.8 Å². The van der Waals surface area contributed by atoms with E-state index in [1.54, 1.807) is 37.3 Å². The number of nitrogens with one attached hydrogen (secondary N) is 3. The number of hydrogen-bond donors (Lipinski definition) is 3. The Kier molecular flexibility index (Phi) is 12.4. The molecule has 3 unspecified atom stereocenters. The highest BCUT2D eigenvalue weighted by molar-refractivity contribution is 7.70. The monoisotopic (exact) mass is 1010 g/mol. The smallest absolute Gasteiger partial charge is 0.262 e. The van der Waals surface area contributed by atoms with Gasteiger partial charge in [0.15, 0.2) is 5.82 Å². The normalized spacial score (nSPS) is 21.3. The average molecular weight is 1010 g/mol. The fraction of sp³-hybridized carbons (Fsp3) is 0.340. The van der Waals surface area contributed by atoms with Gasteiger partial charge in [0.25, 0.3) is 11.8 Å². The molecule has 11 rings (SSSR count). The Bertz CT molecular complexity index is 3200. The number of hydrogen-bond acceptors (Lipinski definition) is 14. The van der Waals surface area contributed by atoms with Gasteiger partial charge in [0.2, 0.25) is 17.8 Å². The summed E-state index contributed by atoms with van der Waals surface area (Å²) in [6.45, 7) is 8.66. The summed E-state index contributed by atoms with van der Waals surface area (Å²) in [4.78, 5) is 68.9. The van der Waals surface area contributed by atoms with Crippen LogP contribution in [0.5, 0.6) is 5.75 Å². The van der Waals surface area contributed by atoms with Crippen LogP contribution < -0.4 is 35.8 Å². The van der Waals surface area contributed by atoms with E-state index in [0.717, 1.165) is 90.6 Å². The lowest BCUT2D eigenvalue weighted by atomic mass is 10.0. The molecule has 4 aliphatic heterocycles. The van der Waals surface area contributed by atoms with Crippen LogP contribution in [0.1, 0.15) is 46.4 Å². The first kappa shape index (κ1) is 47.3. The van der Waals surface area contributed by atoms with Crippen molar-refractivity contribution in [1.82, 2.24) is 34.9 Å². The number of rotatable bonds is 12. The molecule has 6 aromatic rings. The van der Waals surface area contributed by atoms with Crippen LogP contribution in [0.15, 0.2) is 97.5 Å². The van der Waals surface area contributed by atoms with E-state index < -0.39 is 36.8 Å². The molecule has 3 atom stereocenters. The Morgan fingerprint density at radius 3 is 2.22 bits per heavy atom. The third-order valence-electron chi connectivity index (χ3n) is 14.9. The first-order chi connectivity index (χ1) is 34.7. The van der Waals surface area contributed by atoms with Crippen molar-refractivity contribution >= 4 is 82.2 Å². The summed E-state index contributed by atoms with van der Waals surface area (Å²) < 4.78 is 21.5. The van der Waals surface area contributed by atoms with E-state index in [1.807, 2.05) is 74.0 Å². The van der Waals surface area contributed by atoms with E-state index in [4.69, 9.17) is 21.3 Å². The van der Waals surface area contributed by atoms with Gasteiger partial charge in [-0.1, -0.05) is 48.0 Å². The summed E-state index contributed by atoms with van der Waals surface area (Å²) in [5.41, 5.74) is 7.80. The molecule has 3 saturated heterocycles. The molecule has 72 heavy (non-hydrogen) atoms. The van der Waals surface area contributed by atoms with Crippen LogP contribution >= 0.6 is 18.7 Å². The fourth-order valence-corrected chi connectivity index (χ4v) is 12.6. The van der Waals surface area contributed by atoms with Crippen LogP contribution in [0, 0.1) is 11.8 Å². The molecule has 0 bridgehead atoms. The van der Waals surface area contributed by atoms with Crippen LogP contribution in [0.25, 0.3) is 22.3 Å². The number of anilines is 6. The predicted molar refractivity (Wildman–Crippen MR) is 279 cm³/mol. The second-order valence-electron chi connectivity index (χ2n) is 19.8. The lowest BCUT2D eigenvalue weighted by Crippen LogP contribution is -2.54. The number of halogens is 1. The van der Waals surface area contributed by atoms with Gasteiger partial charge in [-0.25, -0.2) is 4.98 Å². The highest BCUT2D eigenvalue weighted by Gasteiger charge is 2.46. The number of piperidine rings is 1. The molecule has 4 fully saturated rings. The van der Waals surface area contributed by atoms with Crippen molar-refractivity contribution < 1.29 is 28.5 Å². The van der Waals surface area contributed by atoms with E-state index in [-0.39, 0.29) is 18.4 Å². The molecule has 4 amide bonds. The maximum Gasteiger partial charge on any atom is 0.262 e. The minimum absolute atomic E-state index is 0.0820. The molecule has 0 spiro atoms. The summed E-state index contributed by atoms with van der Waals surface area (Å²) in [7, 11) is 0.821. The van der Waals surface area contributed by atoms with Gasteiger partial charge in [0.05, 0.1) is 42.0 Å². The summed E-state index contributed by atoms with van der Waals surface area (Å²) >= 11 is 6.71. The molecule has 0 radical (unpaired) electrons. The topological polar surface area (TPSA) is 187 Å². The van der Waals surface area contributed by atoms with Gasteiger partial charge in [0, 0.05) is 98.8 Å². The van der Waals surface area contributed by atoms with Crippen molar-refractivity contribution in [1.29, 1.82) is 0 Å². The Morgan fingerprint density at radius 2 is 1.53 bits per heavy atom. The Morgan fingerprint density at radius 1 is 0.778 bits per heavy atom. The third kappa shape index (κ3) is 8.98. The molecule has 370 valence electrons. The lowest BCUT2D eigenvalue weighted by molar-refractivity contribution is -0.136. The summed E-state index contributed by atoms with van der Waals surface area (Å²) in [6.07, 6.45) is 7.83. The van der Waals surface area contributed by atoms with E-state index in [9.17, 15) is 23.7 Å². The number of aryl methyl sites for hydroxylation is 1. The zero-order valence-electron chi connectivity index (χ0n) is 40.5. The van der Waals surface area contributed by atoms with Gasteiger partial charge in [-0.15, -0.1) is 0 Å². The van der Waals surface area contributed by atoms with Crippen LogP contribution in [0.4, 0.5) is 34.5 Å². The number of imide groups is 2. The number of piperazine rings is 1. The second kappa shape index (κ2) is 18.8. The Labute approximate surface area is 422 Å². The van der Waals surface area contributed by atoms with E-state index in [2.05, 4.69) is 52.9 Å². The van der Waals surface area contributed by atoms with Gasteiger partial charge in [0.1, 0.15) is 24.0 Å². The molecular formula is C53H55ClN11O6P. The van der Waals surface area contributed by atoms with Crippen molar-refractivity contribution in [2.75, 3.05) is 80.1 Å². The number of carbonyl (C=O) groups is 4. The average Bonchev–Trinajstić information content (AvgIpc) is 4.15. The maximum absolute atomic E-state index is 13.7. The zero-order chi connectivity index (χ0) is 50.0. The zero-order valence-corrected chi connectivity index (χ0v) is 42.1. The molecular weight excluding hydrogens is 953 g/mol. The molecule has 4 aromatic carbocycles. The molecule has 3 N–H and O–H groups in total. The Hall–Kier alpha value is -7.07. The molecule has 1 saturated carbocycles. The predicted octanol–water partition coefficient (Wildman–Crippen LogP) is 7.38. The number of nitrogens with zero attached hydrogens (tertiary/aromatic N) is 8. The second-order valence-corrected chi connectivity index (χ2v) is 23.4. The summed E-state index contributed by atoms with van der Waals surface area (Å²) in [5, 5.41) is 14.5. The highest BCUT2D eigenvalue weighted by Crippen LogP contribution is 2.47. The van der Waals surface area contributed by atoms with Crippen molar-refractivity contribution in [3.63, 3.8) is 0 Å². The quantitative estimate of drug-likeness (QED) is 0.0814. The minimum Gasteiger partial charge on any atom is -0.494 e. The van der Waals surface area contributed by atoms with Gasteiger partial charge < -0.3 is 29.7 Å². The number of carbonyl (C=O) groups excluding carboxylic acids is 4. The van der Waals surface area contributed by atoms with Crippen LogP contribution in [-0.2, 0) is 21.2 Å². The highest BCUT2D eigenvalue weighted by atomic mass is 35.5. The van der Waals surface area contributed by atoms with Gasteiger partial charge in [-0.05, 0) is 92.0 Å². The first-order valence-electron chi connectivity index (χ1n) is 24.3. The number of fused-ring (bicyclic) bond motifs is 2. The number of amides is 4. The van der Waals surface area contributed by atoms with E-state index in [1.165, 1.54) is 6.20 Å². The number of benzene rings is 4. The minimum atomic E-state index is -2.74. The fourth-order valence-electron chi connectivity index (χ4n) is 11.3. The van der Waals surface area contributed by atoms with Crippen LogP contribution in [-0.4, -0.2) is 125 Å². The van der Waals surface area contributed by atoms with Gasteiger partial charge in [-0.3, -0.25) is 39.0 Å². The summed E-state index contributed by atoms with van der Waals surface area (Å²) in [5.74, 6) is 0.321. The lowest BCUT2D eigenvalue weighted by Gasteiger charge is -2.39. The molecule has 19 heteroatoms. The van der Waals surface area contributed by atoms with Crippen molar-refractivity contribution in [2.24, 2.45) is 18.9 Å². The molecule has 2 aromatic heterocycles. The molecule has 6 heterocycles. The Balaban J connectivity index is 0.764. The van der Waals surface area contributed by atoms with Gasteiger partial charge >= 0.3 is 0 Å². The van der Waals surface area contributed by atoms with Crippen molar-refractivity contribution in [3.05, 3.63) is 114 Å². The number of ether oxygens (including phenoxy) is 1. The van der Waals surface area contributed by atoms with E-state index >= 15 is 0 Å². The maximum atomic E-state index is 13.7. The summed E-state index contributed by atoms with van der Waals surface area (Å²) in [6, 6.07) is 24.9. The van der Waals surface area contributed by atoms with Crippen LogP contribution in [0.3, 0.4) is 0 Å².